The highest BCUT2D eigenvalue weighted by atomic mass is 16.2. The molecule has 0 saturated carbocycles. The number of aromatic amines is 1. The van der Waals surface area contributed by atoms with Crippen LogP contribution in [0.5, 0.6) is 0 Å². The molecule has 0 aliphatic carbocycles. The molecule has 1 atom stereocenters. The molecule has 6 nitrogen and oxygen atoms in total. The molecule has 0 saturated heterocycles. The number of aromatic nitrogens is 2. The van der Waals surface area contributed by atoms with E-state index in [0.29, 0.717) is 17.7 Å². The average molecular weight is 398 g/mol. The van der Waals surface area contributed by atoms with Crippen molar-refractivity contribution in [1.82, 2.24) is 15.3 Å². The summed E-state index contributed by atoms with van der Waals surface area (Å²) in [6, 6.07) is 21.7. The summed E-state index contributed by atoms with van der Waals surface area (Å²) in [5, 5.41) is 5.85. The normalized spacial score (nSPS) is 11.8. The van der Waals surface area contributed by atoms with E-state index in [1.54, 1.807) is 18.5 Å². The van der Waals surface area contributed by atoms with Gasteiger partial charge in [0.15, 0.2) is 0 Å². The third kappa shape index (κ3) is 4.22. The molecule has 3 aromatic carbocycles. The lowest BCUT2D eigenvalue weighted by Crippen LogP contribution is -2.45. The number of nitrogens with zero attached hydrogens (tertiary/aromatic N) is 1. The maximum Gasteiger partial charge on any atom is 0.252 e. The van der Waals surface area contributed by atoms with Crippen LogP contribution < -0.4 is 10.6 Å². The van der Waals surface area contributed by atoms with Crippen molar-refractivity contribution in [2.75, 3.05) is 5.32 Å². The summed E-state index contributed by atoms with van der Waals surface area (Å²) in [4.78, 5) is 33.3. The third-order valence-electron chi connectivity index (χ3n) is 5.01. The molecule has 0 aliphatic heterocycles. The van der Waals surface area contributed by atoms with Crippen LogP contribution in [0.25, 0.3) is 11.0 Å². The van der Waals surface area contributed by atoms with Crippen molar-refractivity contribution in [3.63, 3.8) is 0 Å². The number of carbonyl (C=O) groups excluding carboxylic acids is 2. The van der Waals surface area contributed by atoms with Gasteiger partial charge in [-0.25, -0.2) is 4.98 Å². The first-order valence-corrected chi connectivity index (χ1v) is 9.75. The number of rotatable bonds is 6. The Hall–Kier alpha value is -3.93. The SMILES string of the molecule is Cc1ccccc1C(=O)NC(Cc1ccccc1)C(=O)Nc1cccc2nc[nH]c12. The zero-order valence-corrected chi connectivity index (χ0v) is 16.6. The fraction of sp³-hybridized carbons (Fsp3) is 0.125. The number of hydrogen-bond donors (Lipinski definition) is 3. The van der Waals surface area contributed by atoms with E-state index >= 15 is 0 Å². The van der Waals surface area contributed by atoms with Crippen molar-refractivity contribution in [3.05, 3.63) is 95.8 Å². The molecule has 0 spiro atoms. The number of anilines is 1. The number of H-pyrrole nitrogens is 1. The van der Waals surface area contributed by atoms with Crippen molar-refractivity contribution in [1.29, 1.82) is 0 Å². The van der Waals surface area contributed by atoms with Gasteiger partial charge in [0.05, 0.1) is 23.0 Å². The summed E-state index contributed by atoms with van der Waals surface area (Å²) in [6.07, 6.45) is 1.96. The van der Waals surface area contributed by atoms with E-state index < -0.39 is 6.04 Å². The number of benzene rings is 3. The molecule has 0 aliphatic rings. The smallest absolute Gasteiger partial charge is 0.252 e. The monoisotopic (exact) mass is 398 g/mol. The molecule has 0 bridgehead atoms. The molecular weight excluding hydrogens is 376 g/mol. The predicted octanol–water partition coefficient (Wildman–Crippen LogP) is 3.85. The van der Waals surface area contributed by atoms with E-state index in [-0.39, 0.29) is 11.8 Å². The molecule has 3 N–H and O–H groups in total. The summed E-state index contributed by atoms with van der Waals surface area (Å²) < 4.78 is 0. The first-order chi connectivity index (χ1) is 14.6. The van der Waals surface area contributed by atoms with E-state index in [9.17, 15) is 9.59 Å². The molecular formula is C24H22N4O2. The third-order valence-corrected chi connectivity index (χ3v) is 5.01. The number of carbonyl (C=O) groups is 2. The summed E-state index contributed by atoms with van der Waals surface area (Å²) in [6.45, 7) is 1.88. The molecule has 1 heterocycles. The van der Waals surface area contributed by atoms with Crippen LogP contribution >= 0.6 is 0 Å². The first kappa shape index (κ1) is 19.4. The maximum atomic E-state index is 13.2. The molecule has 1 aromatic heterocycles. The van der Waals surface area contributed by atoms with Gasteiger partial charge in [-0.2, -0.15) is 0 Å². The Balaban J connectivity index is 1.59. The highest BCUT2D eigenvalue weighted by molar-refractivity contribution is 6.04. The lowest BCUT2D eigenvalue weighted by atomic mass is 10.0. The van der Waals surface area contributed by atoms with Gasteiger partial charge in [0.2, 0.25) is 5.91 Å². The topological polar surface area (TPSA) is 86.9 Å². The van der Waals surface area contributed by atoms with Gasteiger partial charge in [-0.3, -0.25) is 9.59 Å². The van der Waals surface area contributed by atoms with Gasteiger partial charge in [0, 0.05) is 12.0 Å². The van der Waals surface area contributed by atoms with Crippen LogP contribution in [0.2, 0.25) is 0 Å². The van der Waals surface area contributed by atoms with Crippen molar-refractivity contribution in [2.24, 2.45) is 0 Å². The minimum Gasteiger partial charge on any atom is -0.343 e. The van der Waals surface area contributed by atoms with Crippen LogP contribution in [0.3, 0.4) is 0 Å². The second-order valence-corrected chi connectivity index (χ2v) is 7.12. The Kier molecular flexibility index (Phi) is 5.57. The molecule has 1 unspecified atom stereocenters. The quantitative estimate of drug-likeness (QED) is 0.461. The second-order valence-electron chi connectivity index (χ2n) is 7.12. The number of nitrogens with one attached hydrogen (secondary N) is 3. The van der Waals surface area contributed by atoms with Crippen LogP contribution in [0.15, 0.2) is 79.1 Å². The van der Waals surface area contributed by atoms with Gasteiger partial charge in [-0.1, -0.05) is 54.6 Å². The molecule has 30 heavy (non-hydrogen) atoms. The van der Waals surface area contributed by atoms with Crippen LogP contribution in [0, 0.1) is 6.92 Å². The van der Waals surface area contributed by atoms with Gasteiger partial charge in [0.25, 0.3) is 5.91 Å². The van der Waals surface area contributed by atoms with Crippen LogP contribution in [0.4, 0.5) is 5.69 Å². The van der Waals surface area contributed by atoms with Crippen molar-refractivity contribution < 1.29 is 9.59 Å². The highest BCUT2D eigenvalue weighted by Crippen LogP contribution is 2.20. The number of para-hydroxylation sites is 1. The van der Waals surface area contributed by atoms with Gasteiger partial charge >= 0.3 is 0 Å². The second kappa shape index (κ2) is 8.61. The average Bonchev–Trinajstić information content (AvgIpc) is 3.24. The number of imidazole rings is 1. The van der Waals surface area contributed by atoms with E-state index in [1.165, 1.54) is 0 Å². The summed E-state index contributed by atoms with van der Waals surface area (Å²) in [5.41, 5.74) is 4.50. The minimum absolute atomic E-state index is 0.274. The zero-order chi connectivity index (χ0) is 20.9. The molecule has 6 heteroatoms. The molecule has 150 valence electrons. The van der Waals surface area contributed by atoms with E-state index in [2.05, 4.69) is 20.6 Å². The number of hydrogen-bond acceptors (Lipinski definition) is 3. The summed E-state index contributed by atoms with van der Waals surface area (Å²) >= 11 is 0. The Bertz CT molecular complexity index is 1180. The van der Waals surface area contributed by atoms with Gasteiger partial charge < -0.3 is 15.6 Å². The molecule has 4 rings (SSSR count). The first-order valence-electron chi connectivity index (χ1n) is 9.75. The minimum atomic E-state index is -0.738. The van der Waals surface area contributed by atoms with Crippen molar-refractivity contribution >= 4 is 28.5 Å². The fourth-order valence-corrected chi connectivity index (χ4v) is 3.41. The van der Waals surface area contributed by atoms with Gasteiger partial charge in [-0.05, 0) is 36.2 Å². The number of aryl methyl sites for hydroxylation is 1. The Labute approximate surface area is 174 Å². The van der Waals surface area contributed by atoms with E-state index in [1.807, 2.05) is 67.6 Å². The summed E-state index contributed by atoms with van der Waals surface area (Å²) in [7, 11) is 0. The summed E-state index contributed by atoms with van der Waals surface area (Å²) in [5.74, 6) is -0.563. The lowest BCUT2D eigenvalue weighted by molar-refractivity contribution is -0.118. The maximum absolute atomic E-state index is 13.2. The molecule has 0 radical (unpaired) electrons. The number of fused-ring (bicyclic) bond motifs is 1. The van der Waals surface area contributed by atoms with Crippen LogP contribution in [0.1, 0.15) is 21.5 Å². The largest absolute Gasteiger partial charge is 0.343 e. The number of amides is 2. The zero-order valence-electron chi connectivity index (χ0n) is 16.6. The van der Waals surface area contributed by atoms with Crippen LogP contribution in [-0.2, 0) is 11.2 Å². The van der Waals surface area contributed by atoms with Gasteiger partial charge in [-0.15, -0.1) is 0 Å². The predicted molar refractivity (Wildman–Crippen MR) is 117 cm³/mol. The van der Waals surface area contributed by atoms with Crippen LogP contribution in [-0.4, -0.2) is 27.8 Å². The van der Waals surface area contributed by atoms with E-state index in [0.717, 1.165) is 22.2 Å². The Morgan fingerprint density at radius 2 is 1.73 bits per heavy atom. The van der Waals surface area contributed by atoms with Crippen molar-refractivity contribution in [2.45, 2.75) is 19.4 Å². The molecule has 4 aromatic rings. The fourth-order valence-electron chi connectivity index (χ4n) is 3.41. The Morgan fingerprint density at radius 3 is 2.53 bits per heavy atom. The standard InChI is InChI=1S/C24H22N4O2/c1-16-8-5-6-11-18(16)23(29)28-21(14-17-9-3-2-4-10-17)24(30)27-20-13-7-12-19-22(20)26-15-25-19/h2-13,15,21H,14H2,1H3,(H,25,26)(H,27,30)(H,28,29). The lowest BCUT2D eigenvalue weighted by Gasteiger charge is -2.19. The molecule has 2 amide bonds. The Morgan fingerprint density at radius 1 is 0.967 bits per heavy atom. The van der Waals surface area contributed by atoms with E-state index in [4.69, 9.17) is 0 Å². The van der Waals surface area contributed by atoms with Gasteiger partial charge in [0.1, 0.15) is 6.04 Å². The highest BCUT2D eigenvalue weighted by Gasteiger charge is 2.23. The molecule has 0 fully saturated rings. The van der Waals surface area contributed by atoms with Crippen molar-refractivity contribution in [3.8, 4) is 0 Å².